The van der Waals surface area contributed by atoms with Gasteiger partial charge in [-0.1, -0.05) is 48.0 Å². The number of nitrogens with zero attached hydrogens (tertiary/aromatic N) is 1. The number of aromatic amines is 1. The maximum absolute atomic E-state index is 12.0. The summed E-state index contributed by atoms with van der Waals surface area (Å²) in [5.41, 5.74) is 9.55. The van der Waals surface area contributed by atoms with E-state index in [-0.39, 0.29) is 11.9 Å². The molecule has 1 atom stereocenters. The van der Waals surface area contributed by atoms with Crippen molar-refractivity contribution in [2.24, 2.45) is 5.73 Å². The lowest BCUT2D eigenvalue weighted by Crippen LogP contribution is -2.40. The smallest absolute Gasteiger partial charge is 0.219 e. The predicted octanol–water partition coefficient (Wildman–Crippen LogP) is 3.74. The largest absolute Gasteiger partial charge is 0.361 e. The Hall–Kier alpha value is -2.30. The Bertz CT molecular complexity index is 874. The standard InChI is InChI=1S/C20H22ClN3O/c1-14(25)24(12-15-6-2-4-8-19(15)21)13-17(22)10-16-11-23-20-9-5-3-7-18(16)20/h2-9,11,17,23H,10,12-13,22H2,1H3. The van der Waals surface area contributed by atoms with Crippen LogP contribution >= 0.6 is 11.6 Å². The third-order valence-electron chi connectivity index (χ3n) is 4.38. The third kappa shape index (κ3) is 4.21. The van der Waals surface area contributed by atoms with E-state index in [4.69, 9.17) is 17.3 Å². The zero-order valence-electron chi connectivity index (χ0n) is 14.2. The van der Waals surface area contributed by atoms with Crippen molar-refractivity contribution in [2.45, 2.75) is 25.9 Å². The average Bonchev–Trinajstić information content (AvgIpc) is 2.99. The van der Waals surface area contributed by atoms with Crippen LogP contribution in [0.2, 0.25) is 5.02 Å². The van der Waals surface area contributed by atoms with Crippen LogP contribution in [0.4, 0.5) is 0 Å². The molecule has 1 unspecified atom stereocenters. The molecule has 0 saturated carbocycles. The topological polar surface area (TPSA) is 62.1 Å². The van der Waals surface area contributed by atoms with Crippen LogP contribution in [0.5, 0.6) is 0 Å². The molecule has 130 valence electrons. The summed E-state index contributed by atoms with van der Waals surface area (Å²) in [6.07, 6.45) is 2.70. The summed E-state index contributed by atoms with van der Waals surface area (Å²) < 4.78 is 0. The number of para-hydroxylation sites is 1. The van der Waals surface area contributed by atoms with Crippen LogP contribution in [-0.4, -0.2) is 28.4 Å². The maximum atomic E-state index is 12.0. The lowest BCUT2D eigenvalue weighted by atomic mass is 10.0. The lowest BCUT2D eigenvalue weighted by molar-refractivity contribution is -0.129. The molecule has 4 nitrogen and oxygen atoms in total. The molecule has 0 spiro atoms. The van der Waals surface area contributed by atoms with Gasteiger partial charge in [0.15, 0.2) is 0 Å². The van der Waals surface area contributed by atoms with Crippen molar-refractivity contribution < 1.29 is 4.79 Å². The molecule has 0 aliphatic carbocycles. The number of nitrogens with one attached hydrogen (secondary N) is 1. The monoisotopic (exact) mass is 355 g/mol. The Balaban J connectivity index is 1.69. The van der Waals surface area contributed by atoms with Crippen LogP contribution in [0.3, 0.4) is 0 Å². The van der Waals surface area contributed by atoms with Crippen LogP contribution < -0.4 is 5.73 Å². The molecule has 1 aromatic heterocycles. The predicted molar refractivity (Wildman–Crippen MR) is 103 cm³/mol. The quantitative estimate of drug-likeness (QED) is 0.707. The molecule has 0 fully saturated rings. The Morgan fingerprint density at radius 2 is 1.88 bits per heavy atom. The Morgan fingerprint density at radius 3 is 2.64 bits per heavy atom. The molecule has 1 amide bonds. The number of aromatic nitrogens is 1. The number of halogens is 1. The van der Waals surface area contributed by atoms with E-state index in [0.717, 1.165) is 11.1 Å². The first-order valence-corrected chi connectivity index (χ1v) is 8.72. The molecule has 0 radical (unpaired) electrons. The first-order chi connectivity index (χ1) is 12.0. The molecule has 5 heteroatoms. The number of hydrogen-bond acceptors (Lipinski definition) is 2. The molecular weight excluding hydrogens is 334 g/mol. The second-order valence-electron chi connectivity index (χ2n) is 6.31. The van der Waals surface area contributed by atoms with E-state index in [9.17, 15) is 4.79 Å². The molecule has 0 bridgehead atoms. The summed E-state index contributed by atoms with van der Waals surface area (Å²) in [4.78, 5) is 17.0. The number of amides is 1. The fourth-order valence-corrected chi connectivity index (χ4v) is 3.26. The zero-order chi connectivity index (χ0) is 17.8. The second kappa shape index (κ2) is 7.72. The number of hydrogen-bond donors (Lipinski definition) is 2. The second-order valence-corrected chi connectivity index (χ2v) is 6.72. The van der Waals surface area contributed by atoms with Gasteiger partial charge >= 0.3 is 0 Å². The number of H-pyrrole nitrogens is 1. The summed E-state index contributed by atoms with van der Waals surface area (Å²) >= 11 is 6.22. The van der Waals surface area contributed by atoms with Gasteiger partial charge in [-0.2, -0.15) is 0 Å². The number of benzene rings is 2. The molecule has 0 saturated heterocycles. The first kappa shape index (κ1) is 17.5. The molecule has 25 heavy (non-hydrogen) atoms. The molecule has 0 aliphatic rings. The number of nitrogens with two attached hydrogens (primary N) is 1. The van der Waals surface area contributed by atoms with Gasteiger partial charge in [-0.15, -0.1) is 0 Å². The van der Waals surface area contributed by atoms with Crippen molar-refractivity contribution in [3.8, 4) is 0 Å². The Kier molecular flexibility index (Phi) is 5.41. The van der Waals surface area contributed by atoms with Gasteiger partial charge in [0.1, 0.15) is 0 Å². The number of carbonyl (C=O) groups is 1. The van der Waals surface area contributed by atoms with Crippen molar-refractivity contribution in [2.75, 3.05) is 6.54 Å². The highest BCUT2D eigenvalue weighted by Gasteiger charge is 2.16. The normalized spacial score (nSPS) is 12.3. The molecule has 0 aliphatic heterocycles. The summed E-state index contributed by atoms with van der Waals surface area (Å²) in [7, 11) is 0. The van der Waals surface area contributed by atoms with Crippen molar-refractivity contribution in [1.82, 2.24) is 9.88 Å². The summed E-state index contributed by atoms with van der Waals surface area (Å²) in [5, 5.41) is 1.84. The van der Waals surface area contributed by atoms with E-state index in [1.54, 1.807) is 11.8 Å². The van der Waals surface area contributed by atoms with Gasteiger partial charge in [0.2, 0.25) is 5.91 Å². The molecular formula is C20H22ClN3O. The third-order valence-corrected chi connectivity index (χ3v) is 4.75. The van der Waals surface area contributed by atoms with E-state index in [2.05, 4.69) is 11.1 Å². The van der Waals surface area contributed by atoms with Gasteiger partial charge in [-0.3, -0.25) is 4.79 Å². The minimum atomic E-state index is -0.148. The summed E-state index contributed by atoms with van der Waals surface area (Å²) in [6, 6.07) is 15.6. The maximum Gasteiger partial charge on any atom is 0.219 e. The van der Waals surface area contributed by atoms with E-state index in [1.807, 2.05) is 48.7 Å². The van der Waals surface area contributed by atoms with Gasteiger partial charge in [0, 0.05) is 48.2 Å². The zero-order valence-corrected chi connectivity index (χ0v) is 15.0. The van der Waals surface area contributed by atoms with Crippen LogP contribution in [0, 0.1) is 0 Å². The van der Waals surface area contributed by atoms with Crippen LogP contribution in [0.15, 0.2) is 54.7 Å². The lowest BCUT2D eigenvalue weighted by Gasteiger charge is -2.25. The van der Waals surface area contributed by atoms with Crippen molar-refractivity contribution in [1.29, 1.82) is 0 Å². The highest BCUT2D eigenvalue weighted by Crippen LogP contribution is 2.20. The van der Waals surface area contributed by atoms with Crippen LogP contribution in [0.25, 0.3) is 10.9 Å². The van der Waals surface area contributed by atoms with Crippen LogP contribution in [-0.2, 0) is 17.8 Å². The summed E-state index contributed by atoms with van der Waals surface area (Å²) in [5.74, 6) is -0.00528. The van der Waals surface area contributed by atoms with Crippen molar-refractivity contribution in [3.05, 3.63) is 70.9 Å². The number of carbonyl (C=O) groups excluding carboxylic acids is 1. The van der Waals surface area contributed by atoms with Gasteiger partial charge in [-0.25, -0.2) is 0 Å². The minimum Gasteiger partial charge on any atom is -0.361 e. The minimum absolute atomic E-state index is 0.00528. The molecule has 1 heterocycles. The van der Waals surface area contributed by atoms with E-state index < -0.39 is 0 Å². The van der Waals surface area contributed by atoms with Crippen molar-refractivity contribution in [3.63, 3.8) is 0 Å². The Morgan fingerprint density at radius 1 is 1.16 bits per heavy atom. The fraction of sp³-hybridized carbons (Fsp3) is 0.250. The molecule has 3 N–H and O–H groups in total. The fourth-order valence-electron chi connectivity index (χ4n) is 3.07. The van der Waals surface area contributed by atoms with Gasteiger partial charge in [-0.05, 0) is 29.7 Å². The average molecular weight is 356 g/mol. The van der Waals surface area contributed by atoms with Gasteiger partial charge < -0.3 is 15.6 Å². The molecule has 3 aromatic rings. The number of fused-ring (bicyclic) bond motifs is 1. The highest BCUT2D eigenvalue weighted by molar-refractivity contribution is 6.31. The van der Waals surface area contributed by atoms with E-state index in [1.165, 1.54) is 10.9 Å². The highest BCUT2D eigenvalue weighted by atomic mass is 35.5. The van der Waals surface area contributed by atoms with E-state index in [0.29, 0.717) is 24.5 Å². The van der Waals surface area contributed by atoms with Gasteiger partial charge in [0.25, 0.3) is 0 Å². The number of rotatable bonds is 6. The molecule has 2 aromatic carbocycles. The van der Waals surface area contributed by atoms with E-state index >= 15 is 0 Å². The van der Waals surface area contributed by atoms with Crippen LogP contribution in [0.1, 0.15) is 18.1 Å². The van der Waals surface area contributed by atoms with Gasteiger partial charge in [0.05, 0.1) is 0 Å². The summed E-state index contributed by atoms with van der Waals surface area (Å²) in [6.45, 7) is 2.52. The molecule has 3 rings (SSSR count). The Labute approximate surface area is 152 Å². The van der Waals surface area contributed by atoms with Crippen molar-refractivity contribution >= 4 is 28.4 Å². The SMILES string of the molecule is CC(=O)N(Cc1ccccc1Cl)CC(N)Cc1c[nH]c2ccccc12. The first-order valence-electron chi connectivity index (χ1n) is 8.34.